The van der Waals surface area contributed by atoms with Gasteiger partial charge in [-0.25, -0.2) is 0 Å². The van der Waals surface area contributed by atoms with Crippen molar-refractivity contribution in [3.63, 3.8) is 0 Å². The molecule has 1 aliphatic rings. The molecule has 0 saturated carbocycles. The van der Waals surface area contributed by atoms with Crippen LogP contribution >= 0.6 is 46.6 Å². The number of guanidine groups is 1. The smallest absolute Gasteiger partial charge is 0.191 e. The van der Waals surface area contributed by atoms with E-state index in [0.29, 0.717) is 0 Å². The summed E-state index contributed by atoms with van der Waals surface area (Å²) in [4.78, 5) is 4.38. The molecule has 94 valence electrons. The van der Waals surface area contributed by atoms with E-state index in [2.05, 4.69) is 63.3 Å². The van der Waals surface area contributed by atoms with E-state index in [-0.39, 0.29) is 24.0 Å². The first-order valence-corrected chi connectivity index (χ1v) is 6.61. The van der Waals surface area contributed by atoms with Gasteiger partial charge in [-0.2, -0.15) is 0 Å². The Morgan fingerprint density at radius 3 is 2.94 bits per heavy atom. The molecule has 0 atom stereocenters. The van der Waals surface area contributed by atoms with Gasteiger partial charge in [-0.15, -0.1) is 24.0 Å². The molecule has 0 aromatic heterocycles. The van der Waals surface area contributed by atoms with Crippen LogP contribution in [0, 0.1) is 10.5 Å². The van der Waals surface area contributed by atoms with Crippen LogP contribution in [0.5, 0.6) is 0 Å². The van der Waals surface area contributed by atoms with Crippen LogP contribution in [0.2, 0.25) is 0 Å². The molecule has 1 aromatic rings. The summed E-state index contributed by atoms with van der Waals surface area (Å²) in [6.07, 6.45) is 1.13. The van der Waals surface area contributed by atoms with Gasteiger partial charge in [0.05, 0.1) is 0 Å². The molecule has 0 spiro atoms. The zero-order chi connectivity index (χ0) is 11.4. The molecule has 0 aliphatic carbocycles. The van der Waals surface area contributed by atoms with Gasteiger partial charge in [0, 0.05) is 23.2 Å². The number of nitrogens with one attached hydrogen (secondary N) is 2. The highest BCUT2D eigenvalue weighted by molar-refractivity contribution is 14.1. The van der Waals surface area contributed by atoms with E-state index >= 15 is 0 Å². The van der Waals surface area contributed by atoms with Gasteiger partial charge >= 0.3 is 0 Å². The Morgan fingerprint density at radius 1 is 1.47 bits per heavy atom. The van der Waals surface area contributed by atoms with E-state index in [0.717, 1.165) is 32.0 Å². The zero-order valence-electron chi connectivity index (χ0n) is 9.79. The summed E-state index contributed by atoms with van der Waals surface area (Å²) in [7, 11) is 0. The normalized spacial score (nSPS) is 14.4. The van der Waals surface area contributed by atoms with Crippen molar-refractivity contribution >= 4 is 52.5 Å². The van der Waals surface area contributed by atoms with Crippen LogP contribution in [0.1, 0.15) is 17.5 Å². The summed E-state index contributed by atoms with van der Waals surface area (Å²) < 4.78 is 1.31. The molecule has 1 aromatic carbocycles. The van der Waals surface area contributed by atoms with Gasteiger partial charge in [0.1, 0.15) is 0 Å². The minimum absolute atomic E-state index is 0. The van der Waals surface area contributed by atoms with E-state index in [4.69, 9.17) is 0 Å². The van der Waals surface area contributed by atoms with Crippen LogP contribution in [0.4, 0.5) is 0 Å². The Bertz CT molecular complexity index is 405. The molecule has 0 unspecified atom stereocenters. The van der Waals surface area contributed by atoms with Gasteiger partial charge in [-0.05, 0) is 53.1 Å². The van der Waals surface area contributed by atoms with E-state index in [1.807, 2.05) is 0 Å². The van der Waals surface area contributed by atoms with E-state index in [1.165, 1.54) is 14.7 Å². The molecule has 0 amide bonds. The zero-order valence-corrected chi connectivity index (χ0v) is 14.3. The standard InChI is InChI=1S/C12H16IN3.HI/c1-9-7-10(3-4-11(9)13)8-16-12-14-5-2-6-15-12;/h3-4,7H,2,5-6,8H2,1H3,(H2,14,15,16);1H. The van der Waals surface area contributed by atoms with Gasteiger partial charge in [0.15, 0.2) is 5.96 Å². The highest BCUT2D eigenvalue weighted by Gasteiger charge is 2.03. The molecule has 2 rings (SSSR count). The molecule has 0 radical (unpaired) electrons. The van der Waals surface area contributed by atoms with Crippen molar-refractivity contribution < 1.29 is 0 Å². The van der Waals surface area contributed by atoms with Crippen LogP contribution < -0.4 is 10.6 Å². The van der Waals surface area contributed by atoms with Crippen LogP contribution in [-0.2, 0) is 6.54 Å². The second kappa shape index (κ2) is 7.40. The van der Waals surface area contributed by atoms with Crippen LogP contribution in [0.15, 0.2) is 23.2 Å². The average molecular weight is 457 g/mol. The second-order valence-corrected chi connectivity index (χ2v) is 5.11. The summed E-state index contributed by atoms with van der Waals surface area (Å²) in [6, 6.07) is 6.53. The van der Waals surface area contributed by atoms with Gasteiger partial charge in [0.2, 0.25) is 0 Å². The van der Waals surface area contributed by atoms with Gasteiger partial charge in [0.25, 0.3) is 0 Å². The van der Waals surface area contributed by atoms with E-state index in [1.54, 1.807) is 0 Å². The first kappa shape index (κ1) is 15.0. The maximum atomic E-state index is 4.38. The Kier molecular flexibility index (Phi) is 6.53. The van der Waals surface area contributed by atoms with E-state index in [9.17, 15) is 0 Å². The number of nitrogens with zero attached hydrogens (tertiary/aromatic N) is 1. The molecule has 17 heavy (non-hydrogen) atoms. The largest absolute Gasteiger partial charge is 0.356 e. The SMILES string of the molecule is Cc1cc(CNC2=NCCCN2)ccc1I.I. The minimum Gasteiger partial charge on any atom is -0.356 e. The summed E-state index contributed by atoms with van der Waals surface area (Å²) in [5.41, 5.74) is 2.63. The van der Waals surface area contributed by atoms with Crippen molar-refractivity contribution in [3.05, 3.63) is 32.9 Å². The first-order valence-electron chi connectivity index (χ1n) is 5.53. The van der Waals surface area contributed by atoms with Gasteiger partial charge in [-0.3, -0.25) is 4.99 Å². The summed E-state index contributed by atoms with van der Waals surface area (Å²) in [6.45, 7) is 4.93. The fourth-order valence-corrected chi connectivity index (χ4v) is 1.99. The first-order chi connectivity index (χ1) is 7.75. The van der Waals surface area contributed by atoms with Crippen LogP contribution in [-0.4, -0.2) is 19.0 Å². The Morgan fingerprint density at radius 2 is 2.29 bits per heavy atom. The highest BCUT2D eigenvalue weighted by atomic mass is 127. The topological polar surface area (TPSA) is 36.4 Å². The van der Waals surface area contributed by atoms with Crippen molar-refractivity contribution in [2.24, 2.45) is 4.99 Å². The molecular formula is C12H17I2N3. The number of halogens is 2. The molecule has 1 aliphatic heterocycles. The van der Waals surface area contributed by atoms with Crippen molar-refractivity contribution in [1.82, 2.24) is 10.6 Å². The Labute approximate surface area is 133 Å². The summed E-state index contributed by atoms with van der Waals surface area (Å²) >= 11 is 2.36. The molecule has 5 heteroatoms. The highest BCUT2D eigenvalue weighted by Crippen LogP contribution is 2.12. The lowest BCUT2D eigenvalue weighted by Gasteiger charge is -2.16. The maximum absolute atomic E-state index is 4.38. The number of rotatable bonds is 2. The van der Waals surface area contributed by atoms with Gasteiger partial charge < -0.3 is 10.6 Å². The predicted octanol–water partition coefficient (Wildman–Crippen LogP) is 2.66. The van der Waals surface area contributed by atoms with E-state index < -0.39 is 0 Å². The molecular weight excluding hydrogens is 440 g/mol. The summed E-state index contributed by atoms with van der Waals surface area (Å²) in [5, 5.41) is 6.57. The average Bonchev–Trinajstić information content (AvgIpc) is 2.32. The lowest BCUT2D eigenvalue weighted by atomic mass is 10.1. The molecule has 0 bridgehead atoms. The third-order valence-corrected chi connectivity index (χ3v) is 3.79. The number of hydrogen-bond acceptors (Lipinski definition) is 3. The Hall–Kier alpha value is -0.0500. The van der Waals surface area contributed by atoms with Crippen molar-refractivity contribution in [2.45, 2.75) is 19.9 Å². The number of hydrogen-bond donors (Lipinski definition) is 2. The van der Waals surface area contributed by atoms with Crippen molar-refractivity contribution in [3.8, 4) is 0 Å². The minimum atomic E-state index is 0. The van der Waals surface area contributed by atoms with Crippen molar-refractivity contribution in [2.75, 3.05) is 13.1 Å². The fourth-order valence-electron chi connectivity index (χ4n) is 1.65. The lowest BCUT2D eigenvalue weighted by Crippen LogP contribution is -2.40. The number of benzene rings is 1. The maximum Gasteiger partial charge on any atom is 0.191 e. The lowest BCUT2D eigenvalue weighted by molar-refractivity contribution is 0.702. The number of aliphatic imine (C=N–C) groups is 1. The fraction of sp³-hybridized carbons (Fsp3) is 0.417. The quantitative estimate of drug-likeness (QED) is 0.671. The Balaban J connectivity index is 0.00000144. The predicted molar refractivity (Wildman–Crippen MR) is 91.1 cm³/mol. The molecule has 0 fully saturated rings. The number of aryl methyl sites for hydroxylation is 1. The molecule has 1 heterocycles. The monoisotopic (exact) mass is 457 g/mol. The van der Waals surface area contributed by atoms with Gasteiger partial charge in [-0.1, -0.05) is 12.1 Å². The summed E-state index contributed by atoms with van der Waals surface area (Å²) in [5.74, 6) is 0.933. The molecule has 0 saturated heterocycles. The second-order valence-electron chi connectivity index (χ2n) is 3.95. The third kappa shape index (κ3) is 4.61. The van der Waals surface area contributed by atoms with Crippen LogP contribution in [0.25, 0.3) is 0 Å². The molecule has 2 N–H and O–H groups in total. The third-order valence-electron chi connectivity index (χ3n) is 2.58. The van der Waals surface area contributed by atoms with Crippen molar-refractivity contribution in [1.29, 1.82) is 0 Å². The molecule has 3 nitrogen and oxygen atoms in total. The van der Waals surface area contributed by atoms with Crippen LogP contribution in [0.3, 0.4) is 0 Å².